The minimum atomic E-state index is -3.16. The summed E-state index contributed by atoms with van der Waals surface area (Å²) < 4.78 is 2.63. The van der Waals surface area contributed by atoms with Gasteiger partial charge in [-0.2, -0.15) is 0 Å². The Morgan fingerprint density at radius 2 is 0.492 bits per heavy atom. The molecule has 0 fully saturated rings. The van der Waals surface area contributed by atoms with Crippen LogP contribution in [0.15, 0.2) is 352 Å². The van der Waals surface area contributed by atoms with Gasteiger partial charge in [0.25, 0.3) is 6.71 Å². The maximum atomic E-state index is 2.72. The highest BCUT2D eigenvalue weighted by Gasteiger charge is 2.48. The molecule has 15 aromatic carbocycles. The van der Waals surface area contributed by atoms with Crippen LogP contribution in [0, 0.1) is 0 Å². The molecule has 2 aliphatic heterocycles. The molecule has 0 atom stereocenters. The fourth-order valence-electron chi connectivity index (χ4n) is 19.5. The van der Waals surface area contributed by atoms with Crippen molar-refractivity contribution in [2.45, 2.75) is 157 Å². The number of fused-ring (bicyclic) bond motifs is 7. The Kier molecular flexibility index (Phi) is 19.5. The lowest BCUT2D eigenvalue weighted by Crippen LogP contribution is -2.74. The maximum Gasteiger partial charge on any atom is 0.252 e. The number of nitrogens with zero attached hydrogens (tertiary/aromatic N) is 3. The summed E-state index contributed by atoms with van der Waals surface area (Å²) in [5, 5.41) is 13.1. The molecule has 1 aromatic heterocycles. The third-order valence-corrected chi connectivity index (χ3v) is 35.7. The van der Waals surface area contributed by atoms with E-state index in [1.807, 2.05) is 0 Å². The van der Waals surface area contributed by atoms with Crippen LogP contribution < -0.4 is 67.7 Å². The summed E-state index contributed by atoms with van der Waals surface area (Å²) in [7, 11) is -6.31. The maximum absolute atomic E-state index is 3.16. The average molecular weight is 1590 g/mol. The van der Waals surface area contributed by atoms with E-state index in [1.54, 1.807) is 0 Å². The molecule has 0 bridgehead atoms. The molecule has 0 unspecified atom stereocenters. The van der Waals surface area contributed by atoms with Crippen LogP contribution in [0.2, 0.25) is 0 Å². The van der Waals surface area contributed by atoms with Crippen molar-refractivity contribution in [2.24, 2.45) is 0 Å². The van der Waals surface area contributed by atoms with Crippen molar-refractivity contribution in [1.29, 1.82) is 0 Å². The van der Waals surface area contributed by atoms with Crippen LogP contribution in [0.5, 0.6) is 0 Å². The molecule has 594 valence electrons. The van der Waals surface area contributed by atoms with E-state index in [-0.39, 0.29) is 39.2 Å². The van der Waals surface area contributed by atoms with Crippen LogP contribution in [0.25, 0.3) is 49.7 Å². The van der Waals surface area contributed by atoms with Crippen molar-refractivity contribution >= 4 is 137 Å². The summed E-state index contributed by atoms with van der Waals surface area (Å²) in [5.41, 5.74) is 26.0. The van der Waals surface area contributed by atoms with Gasteiger partial charge in [-0.15, -0.1) is 0 Å². The van der Waals surface area contributed by atoms with Gasteiger partial charge in [-0.3, -0.25) is 0 Å². The molecule has 0 spiro atoms. The Labute approximate surface area is 716 Å². The van der Waals surface area contributed by atoms with Crippen LogP contribution in [-0.4, -0.2) is 27.4 Å². The summed E-state index contributed by atoms with van der Waals surface area (Å²) in [6, 6.07) is 138. The fraction of sp³-hybridized carbons (Fsp3) is 0.211. The molecule has 3 nitrogen and oxygen atoms in total. The predicted molar refractivity (Wildman–Crippen MR) is 525 cm³/mol. The molecule has 0 saturated heterocycles. The molecule has 0 aliphatic carbocycles. The fourth-order valence-corrected chi connectivity index (χ4v) is 29.0. The Bertz CT molecular complexity index is 5930. The van der Waals surface area contributed by atoms with Crippen molar-refractivity contribution in [2.75, 3.05) is 9.80 Å². The Hall–Kier alpha value is -11.8. The second-order valence-corrected chi connectivity index (χ2v) is 47.9. The van der Waals surface area contributed by atoms with E-state index in [4.69, 9.17) is 0 Å². The van der Waals surface area contributed by atoms with Gasteiger partial charge in [0.2, 0.25) is 0 Å². The first kappa shape index (κ1) is 79.3. The first-order chi connectivity index (χ1) is 57.3. The highest BCUT2D eigenvalue weighted by molar-refractivity contribution is 7.20. The summed E-state index contributed by atoms with van der Waals surface area (Å²) in [6.45, 7) is 42.3. The van der Waals surface area contributed by atoms with Crippen molar-refractivity contribution in [3.8, 4) is 27.9 Å². The average Bonchev–Trinajstić information content (AvgIpc) is 0.726. The molecule has 18 rings (SSSR count). The van der Waals surface area contributed by atoms with Gasteiger partial charge in [-0.1, -0.05) is 404 Å². The molecule has 120 heavy (non-hydrogen) atoms. The quantitative estimate of drug-likeness (QED) is 0.0842. The van der Waals surface area contributed by atoms with E-state index < -0.39 is 16.1 Å². The van der Waals surface area contributed by atoms with Crippen LogP contribution in [-0.2, 0) is 32.5 Å². The van der Waals surface area contributed by atoms with Crippen molar-refractivity contribution in [3.05, 3.63) is 385 Å². The zero-order valence-corrected chi connectivity index (χ0v) is 75.4. The monoisotopic (exact) mass is 1590 g/mol. The lowest BCUT2D eigenvalue weighted by atomic mass is 9.33. The molecular formula is C114H112BN3Si2. The summed E-state index contributed by atoms with van der Waals surface area (Å²) >= 11 is 0. The van der Waals surface area contributed by atoms with Crippen LogP contribution in [0.3, 0.4) is 0 Å². The first-order valence-electron chi connectivity index (χ1n) is 43.3. The first-order valence-corrected chi connectivity index (χ1v) is 47.3. The Morgan fingerprint density at radius 1 is 0.208 bits per heavy atom. The van der Waals surface area contributed by atoms with Crippen LogP contribution in [0.4, 0.5) is 34.1 Å². The van der Waals surface area contributed by atoms with Gasteiger partial charge < -0.3 is 14.4 Å². The second kappa shape index (κ2) is 29.6. The summed E-state index contributed by atoms with van der Waals surface area (Å²) in [5.74, 6) is 0. The predicted octanol–water partition coefficient (Wildman–Crippen LogP) is 22.7. The van der Waals surface area contributed by atoms with Crippen molar-refractivity contribution in [1.82, 2.24) is 4.57 Å². The number of hydrogen-bond acceptors (Lipinski definition) is 2. The van der Waals surface area contributed by atoms with Crippen LogP contribution >= 0.6 is 0 Å². The molecule has 6 heteroatoms. The topological polar surface area (TPSA) is 11.4 Å². The molecular weight excluding hydrogens is 1480 g/mol. The molecule has 0 N–H and O–H groups in total. The van der Waals surface area contributed by atoms with Gasteiger partial charge >= 0.3 is 0 Å². The van der Waals surface area contributed by atoms with Crippen molar-refractivity contribution < 1.29 is 0 Å². The van der Waals surface area contributed by atoms with Gasteiger partial charge in [0, 0.05) is 44.9 Å². The third kappa shape index (κ3) is 13.8. The lowest BCUT2D eigenvalue weighted by Gasteiger charge is -2.45. The largest absolute Gasteiger partial charge is 0.311 e. The molecule has 0 radical (unpaired) electrons. The zero-order valence-electron chi connectivity index (χ0n) is 73.4. The number of benzene rings is 15. The van der Waals surface area contributed by atoms with E-state index in [1.165, 1.54) is 135 Å². The van der Waals surface area contributed by atoms with E-state index in [9.17, 15) is 0 Å². The number of aromatic nitrogens is 1. The number of hydrogen-bond donors (Lipinski definition) is 0. The normalized spacial score (nSPS) is 13.4. The van der Waals surface area contributed by atoms with Gasteiger partial charge in [0.05, 0.1) is 16.7 Å². The highest BCUT2D eigenvalue weighted by Crippen LogP contribution is 2.50. The summed E-state index contributed by atoms with van der Waals surface area (Å²) in [6.07, 6.45) is 0. The minimum Gasteiger partial charge on any atom is -0.311 e. The van der Waals surface area contributed by atoms with Crippen molar-refractivity contribution in [3.63, 3.8) is 0 Å². The van der Waals surface area contributed by atoms with E-state index >= 15 is 0 Å². The van der Waals surface area contributed by atoms with E-state index in [2.05, 4.69) is 491 Å². The third-order valence-electron chi connectivity index (χ3n) is 26.1. The molecule has 0 amide bonds. The number of rotatable bonds is 13. The van der Waals surface area contributed by atoms with Gasteiger partial charge in [0.1, 0.15) is 0 Å². The summed E-state index contributed by atoms with van der Waals surface area (Å²) in [4.78, 5) is 5.45. The second-order valence-electron chi connectivity index (χ2n) is 40.2. The Balaban J connectivity index is 1.02. The van der Waals surface area contributed by atoms with Gasteiger partial charge in [-0.05, 0) is 219 Å². The van der Waals surface area contributed by atoms with Gasteiger partial charge in [0.15, 0.2) is 16.1 Å². The minimum absolute atomic E-state index is 0.105. The molecule has 3 heterocycles. The highest BCUT2D eigenvalue weighted by atomic mass is 28.3. The SMILES string of the molecule is CC(C)(C)c1cc(-c2ccc3c(c2)N(c2cccc([Si](c4ccccc4)(c4ccccc4)c4ccccc4)c2)c2cc(-n4c5ccc(C(C)(C)C)cc5c5cc(C(C)(C)C)ccc54)cc4c2B3c2ccc(-c3cc(C(C)(C)C)cc(C(C)(C)C)c3)cc2N4c2cccc([Si](c3ccccc3)(c3ccccc3)c3ccccc3)c2)cc(C(C)(C)C)c1. The molecule has 2 aliphatic rings. The van der Waals surface area contributed by atoms with E-state index in [0.29, 0.717) is 0 Å². The lowest BCUT2D eigenvalue weighted by molar-refractivity contribution is 0.568. The standard InChI is InChI=1S/C114H112BN3Si2/c1-109(2,3)81-57-61-102-98(71-81)99-72-82(110(4,5)6)58-62-103(99)118(102)89-75-106-108-107(76-89)117(88-40-38-54-97(74-88)120(93-47-31-22-32-48-93,94-49-33-23-34-50-94)95-51-35-24-36-52-95)105-68-78(80-65-85(113(13,14)15)70-86(66-80)114(16,17)18)56-60-101(105)115(108)100-59-55-77(79-63-83(111(7,8)9)69-84(64-79)112(10,11)12)67-104(100)116(106)87-39-37-53-96(73-87)119(90-41-25-19-26-42-90,91-43-27-20-28-44-91)92-45-29-21-30-46-92/h19-76H,1-18H3. The smallest absolute Gasteiger partial charge is 0.252 e. The zero-order chi connectivity index (χ0) is 83.8. The molecule has 16 aromatic rings. The number of anilines is 6. The van der Waals surface area contributed by atoms with Crippen LogP contribution in [0.1, 0.15) is 158 Å². The molecule has 0 saturated carbocycles. The Morgan fingerprint density at radius 3 is 0.775 bits per heavy atom. The van der Waals surface area contributed by atoms with Gasteiger partial charge in [-0.25, -0.2) is 0 Å². The van der Waals surface area contributed by atoms with E-state index in [0.717, 1.165) is 39.8 Å².